The number of nitrogens with one attached hydrogen (secondary N) is 1. The zero-order valence-electron chi connectivity index (χ0n) is 9.10. The molecule has 4 nitrogen and oxygen atoms in total. The summed E-state index contributed by atoms with van der Waals surface area (Å²) in [6.07, 6.45) is 0.579. The number of hydrogen-bond donors (Lipinski definition) is 3. The Bertz CT molecular complexity index is 409. The predicted octanol–water partition coefficient (Wildman–Crippen LogP) is 1.26. The molecule has 94 valence electrons. The van der Waals surface area contributed by atoms with E-state index >= 15 is 0 Å². The SMILES string of the molecule is O=C(N[C@@H]1C[C@H](CO)[C@H](O)C1)c1ccc(Cl)s1. The van der Waals surface area contributed by atoms with Gasteiger partial charge in [0, 0.05) is 18.6 Å². The fourth-order valence-corrected chi connectivity index (χ4v) is 3.06. The number of hydrogen-bond acceptors (Lipinski definition) is 4. The minimum absolute atomic E-state index is 0.0433. The van der Waals surface area contributed by atoms with Gasteiger partial charge in [0.25, 0.3) is 5.91 Å². The number of aliphatic hydroxyl groups is 2. The van der Waals surface area contributed by atoms with E-state index in [2.05, 4.69) is 5.32 Å². The van der Waals surface area contributed by atoms with Crippen LogP contribution < -0.4 is 5.32 Å². The monoisotopic (exact) mass is 275 g/mol. The fourth-order valence-electron chi connectivity index (χ4n) is 2.11. The van der Waals surface area contributed by atoms with Gasteiger partial charge < -0.3 is 15.5 Å². The molecule has 0 saturated heterocycles. The van der Waals surface area contributed by atoms with E-state index in [4.69, 9.17) is 16.7 Å². The van der Waals surface area contributed by atoms with Gasteiger partial charge >= 0.3 is 0 Å². The minimum Gasteiger partial charge on any atom is -0.396 e. The van der Waals surface area contributed by atoms with Crippen LogP contribution >= 0.6 is 22.9 Å². The Labute approximate surface area is 108 Å². The van der Waals surface area contributed by atoms with E-state index in [9.17, 15) is 9.90 Å². The average molecular weight is 276 g/mol. The van der Waals surface area contributed by atoms with Crippen LogP contribution in [0.1, 0.15) is 22.5 Å². The Morgan fingerprint density at radius 1 is 1.53 bits per heavy atom. The van der Waals surface area contributed by atoms with Gasteiger partial charge in [-0.15, -0.1) is 11.3 Å². The summed E-state index contributed by atoms with van der Waals surface area (Å²) in [6, 6.07) is 3.29. The largest absolute Gasteiger partial charge is 0.396 e. The molecular weight excluding hydrogens is 262 g/mol. The summed E-state index contributed by atoms with van der Waals surface area (Å²) in [5, 5.41) is 21.5. The summed E-state index contributed by atoms with van der Waals surface area (Å²) in [5.41, 5.74) is 0. The van der Waals surface area contributed by atoms with Crippen LogP contribution in [0.3, 0.4) is 0 Å². The highest BCUT2D eigenvalue weighted by Crippen LogP contribution is 2.27. The van der Waals surface area contributed by atoms with Gasteiger partial charge in [0.2, 0.25) is 0 Å². The number of amides is 1. The Kier molecular flexibility index (Phi) is 4.04. The molecule has 0 bridgehead atoms. The topological polar surface area (TPSA) is 69.6 Å². The summed E-state index contributed by atoms with van der Waals surface area (Å²) in [4.78, 5) is 12.4. The maximum Gasteiger partial charge on any atom is 0.261 e. The number of carbonyl (C=O) groups excluding carboxylic acids is 1. The van der Waals surface area contributed by atoms with Crippen LogP contribution in [0.2, 0.25) is 4.34 Å². The number of halogens is 1. The summed E-state index contributed by atoms with van der Waals surface area (Å²) in [5.74, 6) is -0.301. The lowest BCUT2D eigenvalue weighted by molar-refractivity contribution is 0.0904. The van der Waals surface area contributed by atoms with Gasteiger partial charge in [0.05, 0.1) is 15.3 Å². The van der Waals surface area contributed by atoms with Crippen molar-refractivity contribution in [3.63, 3.8) is 0 Å². The molecule has 1 saturated carbocycles. The molecule has 3 N–H and O–H groups in total. The number of carbonyl (C=O) groups is 1. The summed E-state index contributed by atoms with van der Waals surface area (Å²) in [7, 11) is 0. The molecule has 1 heterocycles. The minimum atomic E-state index is -0.530. The van der Waals surface area contributed by atoms with Gasteiger partial charge in [0.1, 0.15) is 0 Å². The van der Waals surface area contributed by atoms with Crippen LogP contribution in [-0.2, 0) is 0 Å². The lowest BCUT2D eigenvalue weighted by Gasteiger charge is -2.11. The third-order valence-corrected chi connectivity index (χ3v) is 4.25. The van der Waals surface area contributed by atoms with E-state index in [1.807, 2.05) is 0 Å². The van der Waals surface area contributed by atoms with Crippen LogP contribution in [0.5, 0.6) is 0 Å². The quantitative estimate of drug-likeness (QED) is 0.778. The van der Waals surface area contributed by atoms with Crippen molar-refractivity contribution in [1.82, 2.24) is 5.32 Å². The van der Waals surface area contributed by atoms with E-state index in [1.165, 1.54) is 11.3 Å². The van der Waals surface area contributed by atoms with Crippen LogP contribution in [0.4, 0.5) is 0 Å². The number of aliphatic hydroxyl groups excluding tert-OH is 2. The lowest BCUT2D eigenvalue weighted by Crippen LogP contribution is -2.32. The van der Waals surface area contributed by atoms with Crippen LogP contribution in [-0.4, -0.2) is 34.9 Å². The summed E-state index contributed by atoms with van der Waals surface area (Å²) < 4.78 is 0.579. The molecule has 0 aromatic carbocycles. The predicted molar refractivity (Wildman–Crippen MR) is 66.4 cm³/mol. The van der Waals surface area contributed by atoms with Gasteiger partial charge in [-0.05, 0) is 25.0 Å². The lowest BCUT2D eigenvalue weighted by atomic mass is 10.1. The zero-order chi connectivity index (χ0) is 12.4. The molecule has 0 unspecified atom stereocenters. The fraction of sp³-hybridized carbons (Fsp3) is 0.545. The highest BCUT2D eigenvalue weighted by atomic mass is 35.5. The average Bonchev–Trinajstić information content (AvgIpc) is 2.85. The molecule has 6 heteroatoms. The van der Waals surface area contributed by atoms with Crippen molar-refractivity contribution in [2.75, 3.05) is 6.61 Å². The molecule has 3 atom stereocenters. The molecular formula is C11H14ClNO3S. The summed E-state index contributed by atoms with van der Waals surface area (Å²) in [6.45, 7) is -0.0433. The van der Waals surface area contributed by atoms with Crippen LogP contribution in [0, 0.1) is 5.92 Å². The van der Waals surface area contributed by atoms with Gasteiger partial charge in [-0.1, -0.05) is 11.6 Å². The van der Waals surface area contributed by atoms with Crippen molar-refractivity contribution in [3.05, 3.63) is 21.3 Å². The Hall–Kier alpha value is -0.620. The Morgan fingerprint density at radius 2 is 2.29 bits per heavy atom. The second-order valence-corrected chi connectivity index (χ2v) is 5.97. The first-order valence-corrected chi connectivity index (χ1v) is 6.64. The van der Waals surface area contributed by atoms with Gasteiger partial charge in [-0.2, -0.15) is 0 Å². The molecule has 1 aliphatic rings. The maximum absolute atomic E-state index is 11.8. The molecule has 17 heavy (non-hydrogen) atoms. The second kappa shape index (κ2) is 5.35. The molecule has 0 radical (unpaired) electrons. The Balaban J connectivity index is 1.92. The highest BCUT2D eigenvalue weighted by molar-refractivity contribution is 7.17. The van der Waals surface area contributed by atoms with Crippen LogP contribution in [0.25, 0.3) is 0 Å². The maximum atomic E-state index is 11.8. The molecule has 1 aromatic heterocycles. The van der Waals surface area contributed by atoms with Gasteiger partial charge in [-0.25, -0.2) is 0 Å². The van der Waals surface area contributed by atoms with E-state index in [1.54, 1.807) is 12.1 Å². The highest BCUT2D eigenvalue weighted by Gasteiger charge is 2.33. The van der Waals surface area contributed by atoms with Crippen molar-refractivity contribution in [1.29, 1.82) is 0 Å². The number of thiophene rings is 1. The third-order valence-electron chi connectivity index (χ3n) is 3.02. The van der Waals surface area contributed by atoms with Crippen molar-refractivity contribution in [2.45, 2.75) is 25.0 Å². The van der Waals surface area contributed by atoms with E-state index in [-0.39, 0.29) is 24.5 Å². The van der Waals surface area contributed by atoms with Crippen molar-refractivity contribution >= 4 is 28.8 Å². The number of rotatable bonds is 3. The molecule has 0 spiro atoms. The normalized spacial score (nSPS) is 28.3. The first-order chi connectivity index (χ1) is 8.10. The molecule has 1 aromatic rings. The standard InChI is InChI=1S/C11H14ClNO3S/c12-10-2-1-9(17-10)11(16)13-7-3-6(5-14)8(15)4-7/h1-2,6-8,14-15H,3-5H2,(H,13,16)/t6-,7-,8-/m1/s1. The first kappa shape index (κ1) is 12.8. The summed E-state index contributed by atoms with van der Waals surface area (Å²) >= 11 is 6.98. The Morgan fingerprint density at radius 3 is 2.82 bits per heavy atom. The second-order valence-electron chi connectivity index (χ2n) is 4.26. The first-order valence-electron chi connectivity index (χ1n) is 5.45. The van der Waals surface area contributed by atoms with Gasteiger partial charge in [0.15, 0.2) is 0 Å². The third kappa shape index (κ3) is 2.98. The van der Waals surface area contributed by atoms with Crippen molar-refractivity contribution < 1.29 is 15.0 Å². The molecule has 0 aliphatic heterocycles. The molecule has 1 fully saturated rings. The smallest absolute Gasteiger partial charge is 0.261 e. The molecule has 1 aliphatic carbocycles. The zero-order valence-corrected chi connectivity index (χ0v) is 10.7. The van der Waals surface area contributed by atoms with Crippen molar-refractivity contribution in [2.24, 2.45) is 5.92 Å². The van der Waals surface area contributed by atoms with Gasteiger partial charge in [-0.3, -0.25) is 4.79 Å². The van der Waals surface area contributed by atoms with E-state index in [0.717, 1.165) is 0 Å². The molecule has 1 amide bonds. The van der Waals surface area contributed by atoms with Crippen molar-refractivity contribution in [3.8, 4) is 0 Å². The van der Waals surface area contributed by atoms with Crippen LogP contribution in [0.15, 0.2) is 12.1 Å². The molecule has 2 rings (SSSR count). The van der Waals surface area contributed by atoms with E-state index in [0.29, 0.717) is 22.1 Å². The van der Waals surface area contributed by atoms with E-state index < -0.39 is 6.10 Å².